The summed E-state index contributed by atoms with van der Waals surface area (Å²) >= 11 is 0. The molecule has 0 bridgehead atoms. The minimum absolute atomic E-state index is 0.276. The van der Waals surface area contributed by atoms with Gasteiger partial charge in [0.2, 0.25) is 0 Å². The molecule has 0 aromatic heterocycles. The molecule has 4 nitrogen and oxygen atoms in total. The molecule has 0 unspecified atom stereocenters. The molecule has 0 spiro atoms. The fraction of sp³-hybridized carbons (Fsp3) is 0.818. The summed E-state index contributed by atoms with van der Waals surface area (Å²) in [5.74, 6) is -1.51. The molecule has 0 aliphatic rings. The number of ether oxygens (including phenoxy) is 1. The van der Waals surface area contributed by atoms with Crippen LogP contribution >= 0.6 is 0 Å². The summed E-state index contributed by atoms with van der Waals surface area (Å²) in [6.07, 6.45) is 20.9. The fourth-order valence-electron chi connectivity index (χ4n) is 3.00. The number of hydrogen-bond acceptors (Lipinski definition) is 3. The zero-order valence-electron chi connectivity index (χ0n) is 17.0. The third kappa shape index (κ3) is 16.2. The number of amides is 1. The molecule has 0 fully saturated rings. The Labute approximate surface area is 160 Å². The predicted octanol–water partition coefficient (Wildman–Crippen LogP) is 5.83. The van der Waals surface area contributed by atoms with E-state index in [9.17, 15) is 9.59 Å². The standard InChI is InChI=1S/C22H41NO3/c1-3-4-5-6-7-8-9-10-11-12-13-14-15-16-17-18-19-26-22(25)20(2)21(23)24/h2-19H2,1H3,(H2,23,24). The van der Waals surface area contributed by atoms with Gasteiger partial charge in [-0.3, -0.25) is 4.79 Å². The monoisotopic (exact) mass is 367 g/mol. The van der Waals surface area contributed by atoms with Gasteiger partial charge in [0.05, 0.1) is 6.61 Å². The normalized spacial score (nSPS) is 10.7. The highest BCUT2D eigenvalue weighted by Gasteiger charge is 2.13. The first-order valence-corrected chi connectivity index (χ1v) is 10.8. The molecular formula is C22H41NO3. The van der Waals surface area contributed by atoms with Crippen LogP contribution in [-0.2, 0) is 14.3 Å². The van der Waals surface area contributed by atoms with Crippen molar-refractivity contribution in [3.8, 4) is 0 Å². The van der Waals surface area contributed by atoms with Gasteiger partial charge in [-0.25, -0.2) is 4.79 Å². The summed E-state index contributed by atoms with van der Waals surface area (Å²) in [4.78, 5) is 22.1. The van der Waals surface area contributed by atoms with E-state index >= 15 is 0 Å². The average Bonchev–Trinajstić information content (AvgIpc) is 2.63. The minimum Gasteiger partial charge on any atom is -0.462 e. The number of rotatable bonds is 19. The number of primary amides is 1. The topological polar surface area (TPSA) is 69.4 Å². The molecule has 0 saturated heterocycles. The molecule has 0 atom stereocenters. The van der Waals surface area contributed by atoms with Gasteiger partial charge in [-0.15, -0.1) is 0 Å². The molecule has 0 rings (SSSR count). The third-order valence-corrected chi connectivity index (χ3v) is 4.77. The Hall–Kier alpha value is -1.32. The number of unbranched alkanes of at least 4 members (excludes halogenated alkanes) is 15. The van der Waals surface area contributed by atoms with Crippen LogP contribution in [0.5, 0.6) is 0 Å². The van der Waals surface area contributed by atoms with Gasteiger partial charge in [0, 0.05) is 0 Å². The number of hydrogen-bond donors (Lipinski definition) is 1. The Morgan fingerprint density at radius 1 is 0.692 bits per heavy atom. The average molecular weight is 368 g/mol. The van der Waals surface area contributed by atoms with E-state index in [1.165, 1.54) is 89.9 Å². The molecule has 0 heterocycles. The maximum Gasteiger partial charge on any atom is 0.343 e. The summed E-state index contributed by atoms with van der Waals surface area (Å²) in [5, 5.41) is 0. The number of carbonyl (C=O) groups excluding carboxylic acids is 2. The Bertz CT molecular complexity index is 380. The first kappa shape index (κ1) is 24.7. The molecule has 0 aliphatic carbocycles. The quantitative estimate of drug-likeness (QED) is 0.103. The molecule has 0 saturated carbocycles. The van der Waals surface area contributed by atoms with Crippen molar-refractivity contribution in [1.29, 1.82) is 0 Å². The van der Waals surface area contributed by atoms with Crippen molar-refractivity contribution < 1.29 is 14.3 Å². The summed E-state index contributed by atoms with van der Waals surface area (Å²) in [6, 6.07) is 0. The second kappa shape index (κ2) is 18.5. The van der Waals surface area contributed by atoms with Crippen LogP contribution in [0.4, 0.5) is 0 Å². The minimum atomic E-state index is -0.818. The molecule has 152 valence electrons. The van der Waals surface area contributed by atoms with Crippen LogP contribution < -0.4 is 5.73 Å². The molecular weight excluding hydrogens is 326 g/mol. The lowest BCUT2D eigenvalue weighted by molar-refractivity contribution is -0.140. The van der Waals surface area contributed by atoms with Crippen LogP contribution in [0, 0.1) is 0 Å². The van der Waals surface area contributed by atoms with Gasteiger partial charge in [0.25, 0.3) is 5.91 Å². The second-order valence-electron chi connectivity index (χ2n) is 7.28. The van der Waals surface area contributed by atoms with Crippen LogP contribution in [-0.4, -0.2) is 18.5 Å². The SMILES string of the molecule is C=C(C(N)=O)C(=O)OCCCCCCCCCCCCCCCCCC. The van der Waals surface area contributed by atoms with Gasteiger partial charge >= 0.3 is 5.97 Å². The molecule has 1 amide bonds. The number of carbonyl (C=O) groups is 2. The molecule has 0 aromatic rings. The van der Waals surface area contributed by atoms with Crippen LogP contribution in [0.2, 0.25) is 0 Å². The van der Waals surface area contributed by atoms with E-state index in [0.717, 1.165) is 12.8 Å². The van der Waals surface area contributed by atoms with Crippen LogP contribution in [0.15, 0.2) is 12.2 Å². The van der Waals surface area contributed by atoms with Crippen molar-refractivity contribution in [3.63, 3.8) is 0 Å². The van der Waals surface area contributed by atoms with Gasteiger partial charge in [0.1, 0.15) is 5.57 Å². The molecule has 2 N–H and O–H groups in total. The van der Waals surface area contributed by atoms with Crippen molar-refractivity contribution in [3.05, 3.63) is 12.2 Å². The van der Waals surface area contributed by atoms with Gasteiger partial charge in [-0.1, -0.05) is 110 Å². The largest absolute Gasteiger partial charge is 0.462 e. The maximum atomic E-state index is 11.3. The Morgan fingerprint density at radius 3 is 1.38 bits per heavy atom. The van der Waals surface area contributed by atoms with Crippen molar-refractivity contribution in [2.24, 2.45) is 5.73 Å². The smallest absolute Gasteiger partial charge is 0.343 e. The van der Waals surface area contributed by atoms with Crippen molar-refractivity contribution in [1.82, 2.24) is 0 Å². The van der Waals surface area contributed by atoms with Crippen LogP contribution in [0.3, 0.4) is 0 Å². The lowest BCUT2D eigenvalue weighted by atomic mass is 10.0. The first-order chi connectivity index (χ1) is 12.6. The van der Waals surface area contributed by atoms with E-state index in [2.05, 4.69) is 13.5 Å². The van der Waals surface area contributed by atoms with E-state index in [-0.39, 0.29) is 5.57 Å². The highest BCUT2D eigenvalue weighted by Crippen LogP contribution is 2.13. The van der Waals surface area contributed by atoms with Crippen molar-refractivity contribution in [2.45, 2.75) is 110 Å². The number of nitrogens with two attached hydrogens (primary N) is 1. The zero-order chi connectivity index (χ0) is 19.5. The third-order valence-electron chi connectivity index (χ3n) is 4.77. The second-order valence-corrected chi connectivity index (χ2v) is 7.28. The Kier molecular flexibility index (Phi) is 17.5. The molecule has 0 radical (unpaired) electrons. The zero-order valence-corrected chi connectivity index (χ0v) is 17.0. The summed E-state index contributed by atoms with van der Waals surface area (Å²) in [5.41, 5.74) is 4.69. The molecule has 26 heavy (non-hydrogen) atoms. The van der Waals surface area contributed by atoms with Gasteiger partial charge in [0.15, 0.2) is 0 Å². The predicted molar refractivity (Wildman–Crippen MR) is 109 cm³/mol. The van der Waals surface area contributed by atoms with Gasteiger partial charge < -0.3 is 10.5 Å². The molecule has 4 heteroatoms. The first-order valence-electron chi connectivity index (χ1n) is 10.8. The van der Waals surface area contributed by atoms with Gasteiger partial charge in [-0.05, 0) is 6.42 Å². The maximum absolute atomic E-state index is 11.3. The van der Waals surface area contributed by atoms with Gasteiger partial charge in [-0.2, -0.15) is 0 Å². The van der Waals surface area contributed by atoms with E-state index in [0.29, 0.717) is 6.61 Å². The summed E-state index contributed by atoms with van der Waals surface area (Å²) < 4.78 is 4.94. The van der Waals surface area contributed by atoms with Crippen LogP contribution in [0.1, 0.15) is 110 Å². The summed E-state index contributed by atoms with van der Waals surface area (Å²) in [6.45, 7) is 5.90. The van der Waals surface area contributed by atoms with Crippen molar-refractivity contribution in [2.75, 3.05) is 6.61 Å². The lowest BCUT2D eigenvalue weighted by Crippen LogP contribution is -2.21. The van der Waals surface area contributed by atoms with E-state index < -0.39 is 11.9 Å². The number of esters is 1. The lowest BCUT2D eigenvalue weighted by Gasteiger charge is -2.05. The highest BCUT2D eigenvalue weighted by atomic mass is 16.5. The van der Waals surface area contributed by atoms with E-state index in [1.54, 1.807) is 0 Å². The Morgan fingerprint density at radius 2 is 1.04 bits per heavy atom. The molecule has 0 aromatic carbocycles. The van der Waals surface area contributed by atoms with Crippen LogP contribution in [0.25, 0.3) is 0 Å². The Balaban J connectivity index is 3.17. The van der Waals surface area contributed by atoms with Crippen molar-refractivity contribution >= 4 is 11.9 Å². The summed E-state index contributed by atoms with van der Waals surface area (Å²) in [7, 11) is 0. The van der Waals surface area contributed by atoms with E-state index in [1.807, 2.05) is 0 Å². The van der Waals surface area contributed by atoms with E-state index in [4.69, 9.17) is 10.5 Å². The highest BCUT2D eigenvalue weighted by molar-refractivity contribution is 6.15. The fourth-order valence-corrected chi connectivity index (χ4v) is 3.00. The molecule has 0 aliphatic heterocycles.